The van der Waals surface area contributed by atoms with Crippen LogP contribution in [0.5, 0.6) is 0 Å². The Morgan fingerprint density at radius 3 is 2.58 bits per heavy atom. The van der Waals surface area contributed by atoms with Gasteiger partial charge in [0.25, 0.3) is 17.8 Å². The quantitative estimate of drug-likeness (QED) is 0.665. The molecule has 2 aliphatic rings. The molecule has 168 valence electrons. The fourth-order valence-electron chi connectivity index (χ4n) is 4.32. The molecule has 1 amide bonds. The number of aliphatic hydroxyl groups is 1. The molecule has 2 N–H and O–H groups in total. The van der Waals surface area contributed by atoms with Gasteiger partial charge in [-0.15, -0.1) is 0 Å². The van der Waals surface area contributed by atoms with Crippen LogP contribution in [-0.2, 0) is 0 Å². The first-order chi connectivity index (χ1) is 14.5. The fraction of sp³-hybridized carbons (Fsp3) is 0.524. The summed E-state index contributed by atoms with van der Waals surface area (Å²) in [6.45, 7) is -0.576. The maximum Gasteiger partial charge on any atom is 0.266 e. The lowest BCUT2D eigenvalue weighted by Gasteiger charge is -2.36. The van der Waals surface area contributed by atoms with Crippen molar-refractivity contribution >= 4 is 34.2 Å². The van der Waals surface area contributed by atoms with E-state index in [0.29, 0.717) is 16.7 Å². The lowest BCUT2D eigenvalue weighted by molar-refractivity contribution is -0.121. The van der Waals surface area contributed by atoms with Crippen molar-refractivity contribution in [1.29, 1.82) is 0 Å². The van der Waals surface area contributed by atoms with Crippen LogP contribution >= 0.6 is 11.6 Å². The van der Waals surface area contributed by atoms with Crippen LogP contribution in [0.2, 0.25) is 5.02 Å². The van der Waals surface area contributed by atoms with Crippen LogP contribution in [0.4, 0.5) is 23.4 Å². The number of anilines is 1. The number of fused-ring (bicyclic) bond motifs is 1. The van der Waals surface area contributed by atoms with Crippen LogP contribution < -0.4 is 10.2 Å². The van der Waals surface area contributed by atoms with Crippen molar-refractivity contribution in [3.63, 3.8) is 0 Å². The van der Waals surface area contributed by atoms with E-state index in [1.54, 1.807) is 18.2 Å². The van der Waals surface area contributed by atoms with Crippen molar-refractivity contribution in [1.82, 2.24) is 10.3 Å². The van der Waals surface area contributed by atoms with Crippen molar-refractivity contribution in [2.75, 3.05) is 24.5 Å². The molecule has 1 aromatic carbocycles. The molecule has 1 atom stereocenters. The van der Waals surface area contributed by atoms with E-state index in [4.69, 9.17) is 11.6 Å². The summed E-state index contributed by atoms with van der Waals surface area (Å²) in [5, 5.41) is 13.5. The zero-order valence-electron chi connectivity index (χ0n) is 16.6. The van der Waals surface area contributed by atoms with E-state index in [1.807, 2.05) is 0 Å². The molecule has 1 aliphatic carbocycles. The molecule has 10 heteroatoms. The average molecular weight is 460 g/mol. The van der Waals surface area contributed by atoms with E-state index in [-0.39, 0.29) is 49.4 Å². The second-order valence-electron chi connectivity index (χ2n) is 8.48. The summed E-state index contributed by atoms with van der Waals surface area (Å²) in [5.74, 6) is -5.99. The van der Waals surface area contributed by atoms with E-state index in [0.717, 1.165) is 0 Å². The molecular formula is C21H22ClF4N3O2. The highest BCUT2D eigenvalue weighted by molar-refractivity contribution is 6.35. The molecule has 5 nitrogen and oxygen atoms in total. The van der Waals surface area contributed by atoms with Gasteiger partial charge in [-0.25, -0.2) is 22.5 Å². The van der Waals surface area contributed by atoms with E-state index in [1.165, 1.54) is 11.0 Å². The number of aromatic nitrogens is 1. The Balaban J connectivity index is 1.55. The van der Waals surface area contributed by atoms with Crippen molar-refractivity contribution < 1.29 is 27.5 Å². The van der Waals surface area contributed by atoms with Crippen LogP contribution in [-0.4, -0.2) is 53.1 Å². The monoisotopic (exact) mass is 459 g/mol. The number of hydrogen-bond donors (Lipinski definition) is 2. The topological polar surface area (TPSA) is 65.5 Å². The van der Waals surface area contributed by atoms with Gasteiger partial charge in [-0.2, -0.15) is 0 Å². The highest BCUT2D eigenvalue weighted by Crippen LogP contribution is 2.39. The lowest BCUT2D eigenvalue weighted by atomic mass is 9.82. The molecule has 2 fully saturated rings. The van der Waals surface area contributed by atoms with E-state index in [2.05, 4.69) is 10.3 Å². The molecular weight excluding hydrogens is 438 g/mol. The molecule has 0 spiro atoms. The minimum atomic E-state index is -2.97. The highest BCUT2D eigenvalue weighted by atomic mass is 35.5. The van der Waals surface area contributed by atoms with Crippen LogP contribution in [0.1, 0.15) is 42.5 Å². The van der Waals surface area contributed by atoms with Gasteiger partial charge in [0.1, 0.15) is 5.82 Å². The first-order valence-corrected chi connectivity index (χ1v) is 10.5. The average Bonchev–Trinajstić information content (AvgIpc) is 3.04. The summed E-state index contributed by atoms with van der Waals surface area (Å²) in [5.41, 5.74) is -1.21. The first-order valence-electron chi connectivity index (χ1n) is 10.1. The van der Waals surface area contributed by atoms with Gasteiger partial charge in [-0.1, -0.05) is 11.6 Å². The Morgan fingerprint density at radius 2 is 1.90 bits per heavy atom. The van der Waals surface area contributed by atoms with Gasteiger partial charge in [-0.05, 0) is 37.1 Å². The lowest BCUT2D eigenvalue weighted by Crippen LogP contribution is -2.49. The molecule has 1 aromatic heterocycles. The SMILES string of the molecule is O=C(NCC1(O)CCCC(F)(F)C1)c1c(Cl)ccc2nc(N3CCC(F)(F)C3)ccc12. The molecule has 0 bridgehead atoms. The van der Waals surface area contributed by atoms with Crippen LogP contribution in [0.15, 0.2) is 24.3 Å². The number of hydrogen-bond acceptors (Lipinski definition) is 4. The largest absolute Gasteiger partial charge is 0.388 e. The number of alkyl halides is 4. The number of carbonyl (C=O) groups excluding carboxylic acids is 1. The van der Waals surface area contributed by atoms with E-state index >= 15 is 0 Å². The predicted octanol–water partition coefficient (Wildman–Crippen LogP) is 4.40. The molecule has 1 unspecified atom stereocenters. The van der Waals surface area contributed by atoms with Crippen molar-refractivity contribution in [3.8, 4) is 0 Å². The number of pyridine rings is 1. The third kappa shape index (κ3) is 4.72. The van der Waals surface area contributed by atoms with Crippen LogP contribution in [0.25, 0.3) is 10.9 Å². The number of nitrogens with zero attached hydrogens (tertiary/aromatic N) is 2. The molecule has 1 saturated heterocycles. The van der Waals surface area contributed by atoms with Gasteiger partial charge >= 0.3 is 0 Å². The normalized spacial score (nSPS) is 25.0. The summed E-state index contributed by atoms with van der Waals surface area (Å²) in [6.07, 6.45) is -0.915. The molecule has 31 heavy (non-hydrogen) atoms. The summed E-state index contributed by atoms with van der Waals surface area (Å²) in [6, 6.07) is 6.18. The van der Waals surface area contributed by atoms with Gasteiger partial charge in [0, 0.05) is 37.7 Å². The molecule has 1 aliphatic heterocycles. The van der Waals surface area contributed by atoms with Crippen LogP contribution in [0, 0.1) is 0 Å². The zero-order valence-corrected chi connectivity index (χ0v) is 17.4. The second kappa shape index (κ2) is 7.78. The van der Waals surface area contributed by atoms with Crippen LogP contribution in [0.3, 0.4) is 0 Å². The third-order valence-corrected chi connectivity index (χ3v) is 6.19. The molecule has 2 aromatic rings. The van der Waals surface area contributed by atoms with Gasteiger partial charge in [0.2, 0.25) is 0 Å². The van der Waals surface area contributed by atoms with E-state index in [9.17, 15) is 27.5 Å². The fourth-order valence-corrected chi connectivity index (χ4v) is 4.57. The first kappa shape index (κ1) is 22.1. The number of benzene rings is 1. The molecule has 0 radical (unpaired) electrons. The minimum absolute atomic E-state index is 0.0936. The third-order valence-electron chi connectivity index (χ3n) is 5.88. The Hall–Kier alpha value is -2.13. The van der Waals surface area contributed by atoms with Crippen molar-refractivity contribution in [2.24, 2.45) is 0 Å². The van der Waals surface area contributed by atoms with Crippen molar-refractivity contribution in [3.05, 3.63) is 34.9 Å². The smallest absolute Gasteiger partial charge is 0.266 e. The Kier molecular flexibility index (Phi) is 5.54. The summed E-state index contributed by atoms with van der Waals surface area (Å²) in [7, 11) is 0. The summed E-state index contributed by atoms with van der Waals surface area (Å²) in [4.78, 5) is 18.7. The number of nitrogens with one attached hydrogen (secondary N) is 1. The standard InChI is InChI=1S/C21H22ClF4N3O2/c22-14-3-4-15-13(2-5-16(28-15)29-9-8-21(25,26)12-29)17(14)18(30)27-11-19(31)6-1-7-20(23,24)10-19/h2-5,31H,1,6-12H2,(H,27,30). The molecule has 2 heterocycles. The summed E-state index contributed by atoms with van der Waals surface area (Å²) < 4.78 is 54.4. The minimum Gasteiger partial charge on any atom is -0.388 e. The van der Waals surface area contributed by atoms with Crippen molar-refractivity contribution in [2.45, 2.75) is 49.6 Å². The zero-order chi connectivity index (χ0) is 22.4. The predicted molar refractivity (Wildman–Crippen MR) is 109 cm³/mol. The second-order valence-corrected chi connectivity index (χ2v) is 8.89. The molecule has 4 rings (SSSR count). The number of halogens is 5. The number of amides is 1. The van der Waals surface area contributed by atoms with Gasteiger partial charge < -0.3 is 15.3 Å². The van der Waals surface area contributed by atoms with Gasteiger partial charge in [0.05, 0.1) is 28.2 Å². The maximum atomic E-state index is 13.7. The Bertz CT molecular complexity index is 1020. The van der Waals surface area contributed by atoms with E-state index < -0.39 is 36.3 Å². The number of rotatable bonds is 4. The van der Waals surface area contributed by atoms with Gasteiger partial charge in [0.15, 0.2) is 0 Å². The number of carbonyl (C=O) groups is 1. The van der Waals surface area contributed by atoms with Gasteiger partial charge in [-0.3, -0.25) is 4.79 Å². The Labute approximate surface area is 181 Å². The molecule has 1 saturated carbocycles. The Morgan fingerprint density at radius 1 is 1.13 bits per heavy atom. The highest BCUT2D eigenvalue weighted by Gasteiger charge is 2.45. The summed E-state index contributed by atoms with van der Waals surface area (Å²) >= 11 is 6.22. The maximum absolute atomic E-state index is 13.7.